The number of carbonyl (C=O) groups is 2. The van der Waals surface area contributed by atoms with E-state index in [0.29, 0.717) is 18.9 Å². The smallest absolute Gasteiger partial charge is 0.232 e. The minimum atomic E-state index is -0.469. The Morgan fingerprint density at radius 3 is 2.70 bits per heavy atom. The molecule has 1 saturated heterocycles. The number of piperidine rings is 1. The molecule has 1 aromatic rings. The first-order valence-corrected chi connectivity index (χ1v) is 9.91. The molecule has 2 N–H and O–H groups in total. The molecular formula is C21H29N3O3. The number of hydrogen-bond acceptors (Lipinski definition) is 4. The second-order valence-electron chi connectivity index (χ2n) is 9.10. The van der Waals surface area contributed by atoms with E-state index in [9.17, 15) is 9.59 Å². The van der Waals surface area contributed by atoms with Crippen LogP contribution in [0.2, 0.25) is 0 Å². The fourth-order valence-corrected chi connectivity index (χ4v) is 4.34. The van der Waals surface area contributed by atoms with Crippen molar-refractivity contribution in [1.82, 2.24) is 5.32 Å². The van der Waals surface area contributed by atoms with Crippen molar-refractivity contribution in [2.24, 2.45) is 16.7 Å². The summed E-state index contributed by atoms with van der Waals surface area (Å²) in [4.78, 5) is 27.3. The first-order chi connectivity index (χ1) is 12.8. The van der Waals surface area contributed by atoms with Gasteiger partial charge in [-0.2, -0.15) is 0 Å². The molecule has 2 fully saturated rings. The van der Waals surface area contributed by atoms with Gasteiger partial charge < -0.3 is 20.3 Å². The quantitative estimate of drug-likeness (QED) is 0.839. The standard InChI is InChI=1S/C21H29N3O3/c1-20(2,3)19(26)24-10-11-27-17-5-4-14(12-16(17)24)23-18(25)15-13-21(15)6-8-22-9-7-21/h4-5,12,15,22H,6-11,13H2,1-3H3,(H,23,25). The van der Waals surface area contributed by atoms with Crippen molar-refractivity contribution in [2.75, 3.05) is 36.5 Å². The van der Waals surface area contributed by atoms with Gasteiger partial charge in [0.2, 0.25) is 11.8 Å². The van der Waals surface area contributed by atoms with Gasteiger partial charge in [-0.15, -0.1) is 0 Å². The molecule has 0 radical (unpaired) electrons. The molecule has 1 unspecified atom stereocenters. The maximum atomic E-state index is 12.8. The Balaban J connectivity index is 1.50. The van der Waals surface area contributed by atoms with Gasteiger partial charge in [0.05, 0.1) is 12.2 Å². The van der Waals surface area contributed by atoms with Crippen LogP contribution in [0, 0.1) is 16.7 Å². The van der Waals surface area contributed by atoms with Crippen molar-refractivity contribution >= 4 is 23.2 Å². The monoisotopic (exact) mass is 371 g/mol. The molecule has 146 valence electrons. The summed E-state index contributed by atoms with van der Waals surface area (Å²) in [6, 6.07) is 5.58. The van der Waals surface area contributed by atoms with Crippen molar-refractivity contribution in [2.45, 2.75) is 40.0 Å². The molecule has 1 aromatic carbocycles. The van der Waals surface area contributed by atoms with Gasteiger partial charge in [0.1, 0.15) is 12.4 Å². The topological polar surface area (TPSA) is 70.7 Å². The summed E-state index contributed by atoms with van der Waals surface area (Å²) in [6.45, 7) is 8.77. The van der Waals surface area contributed by atoms with Crippen molar-refractivity contribution in [3.8, 4) is 5.75 Å². The van der Waals surface area contributed by atoms with E-state index in [2.05, 4.69) is 10.6 Å². The van der Waals surface area contributed by atoms with Gasteiger partial charge in [-0.1, -0.05) is 20.8 Å². The zero-order chi connectivity index (χ0) is 19.2. The molecule has 27 heavy (non-hydrogen) atoms. The number of fused-ring (bicyclic) bond motifs is 1. The largest absolute Gasteiger partial charge is 0.490 e. The molecule has 0 bridgehead atoms. The minimum absolute atomic E-state index is 0.0615. The van der Waals surface area contributed by atoms with Gasteiger partial charge in [0.25, 0.3) is 0 Å². The molecule has 6 heteroatoms. The number of nitrogens with one attached hydrogen (secondary N) is 2. The molecule has 2 amide bonds. The average molecular weight is 371 g/mol. The first-order valence-electron chi connectivity index (χ1n) is 9.91. The van der Waals surface area contributed by atoms with Gasteiger partial charge in [-0.05, 0) is 56.0 Å². The van der Waals surface area contributed by atoms with Gasteiger partial charge in [-0.3, -0.25) is 9.59 Å². The first kappa shape index (κ1) is 18.3. The number of anilines is 2. The lowest BCUT2D eigenvalue weighted by atomic mass is 9.92. The molecule has 1 saturated carbocycles. The highest BCUT2D eigenvalue weighted by Gasteiger charge is 2.57. The number of benzene rings is 1. The number of rotatable bonds is 2. The van der Waals surface area contributed by atoms with Crippen LogP contribution in [0.15, 0.2) is 18.2 Å². The number of amides is 2. The van der Waals surface area contributed by atoms with Crippen molar-refractivity contribution < 1.29 is 14.3 Å². The van der Waals surface area contributed by atoms with E-state index in [1.807, 2.05) is 39.0 Å². The van der Waals surface area contributed by atoms with E-state index in [1.165, 1.54) is 0 Å². The summed E-state index contributed by atoms with van der Waals surface area (Å²) in [5.74, 6) is 0.964. The van der Waals surface area contributed by atoms with Crippen LogP contribution in [0.3, 0.4) is 0 Å². The maximum Gasteiger partial charge on any atom is 0.232 e. The van der Waals surface area contributed by atoms with Crippen molar-refractivity contribution in [3.63, 3.8) is 0 Å². The molecule has 1 atom stereocenters. The second-order valence-corrected chi connectivity index (χ2v) is 9.10. The summed E-state index contributed by atoms with van der Waals surface area (Å²) in [5.41, 5.74) is 1.21. The molecule has 1 aliphatic carbocycles. The Bertz CT molecular complexity index is 762. The van der Waals surface area contributed by atoms with Gasteiger partial charge in [-0.25, -0.2) is 0 Å². The Morgan fingerprint density at radius 2 is 2.00 bits per heavy atom. The van der Waals surface area contributed by atoms with Crippen LogP contribution in [-0.4, -0.2) is 38.1 Å². The third kappa shape index (κ3) is 3.43. The summed E-state index contributed by atoms with van der Waals surface area (Å²) >= 11 is 0. The lowest BCUT2D eigenvalue weighted by molar-refractivity contribution is -0.126. The molecule has 2 aliphatic heterocycles. The Hall–Kier alpha value is -2.08. The van der Waals surface area contributed by atoms with Crippen LogP contribution in [0.5, 0.6) is 5.75 Å². The zero-order valence-electron chi connectivity index (χ0n) is 16.4. The molecule has 2 heterocycles. The highest BCUT2D eigenvalue weighted by Crippen LogP contribution is 2.58. The van der Waals surface area contributed by atoms with Crippen molar-refractivity contribution in [1.29, 1.82) is 0 Å². The normalized spacial score (nSPS) is 23.4. The number of carbonyl (C=O) groups excluding carboxylic acids is 2. The molecule has 6 nitrogen and oxygen atoms in total. The number of hydrogen-bond donors (Lipinski definition) is 2. The van der Waals surface area contributed by atoms with Crippen LogP contribution in [-0.2, 0) is 9.59 Å². The third-order valence-corrected chi connectivity index (χ3v) is 6.08. The lowest BCUT2D eigenvalue weighted by Gasteiger charge is -2.34. The summed E-state index contributed by atoms with van der Waals surface area (Å²) in [5, 5.41) is 6.44. The second kappa shape index (κ2) is 6.51. The number of ether oxygens (including phenoxy) is 1. The van der Waals surface area contributed by atoms with Gasteiger partial charge in [0.15, 0.2) is 0 Å². The van der Waals surface area contributed by atoms with Gasteiger partial charge in [0, 0.05) is 17.0 Å². The fraction of sp³-hybridized carbons (Fsp3) is 0.619. The predicted octanol–water partition coefficient (Wildman–Crippen LogP) is 2.79. The van der Waals surface area contributed by atoms with E-state index < -0.39 is 5.41 Å². The molecule has 0 aromatic heterocycles. The van der Waals surface area contributed by atoms with E-state index in [1.54, 1.807) is 4.90 Å². The van der Waals surface area contributed by atoms with Crippen LogP contribution in [0.25, 0.3) is 0 Å². The minimum Gasteiger partial charge on any atom is -0.490 e. The predicted molar refractivity (Wildman–Crippen MR) is 105 cm³/mol. The van der Waals surface area contributed by atoms with Crippen LogP contribution < -0.4 is 20.3 Å². The van der Waals surface area contributed by atoms with E-state index in [0.717, 1.165) is 43.7 Å². The summed E-state index contributed by atoms with van der Waals surface area (Å²) < 4.78 is 5.71. The molecular weight excluding hydrogens is 342 g/mol. The summed E-state index contributed by atoms with van der Waals surface area (Å²) in [7, 11) is 0. The SMILES string of the molecule is CC(C)(C)C(=O)N1CCOc2ccc(NC(=O)C3CC34CCNCC4)cc21. The zero-order valence-corrected chi connectivity index (χ0v) is 16.4. The van der Waals surface area contributed by atoms with E-state index >= 15 is 0 Å². The van der Waals surface area contributed by atoms with Gasteiger partial charge >= 0.3 is 0 Å². The third-order valence-electron chi connectivity index (χ3n) is 6.08. The Morgan fingerprint density at radius 1 is 1.26 bits per heavy atom. The highest BCUT2D eigenvalue weighted by atomic mass is 16.5. The Labute approximate surface area is 160 Å². The molecule has 1 spiro atoms. The highest BCUT2D eigenvalue weighted by molar-refractivity contribution is 6.00. The van der Waals surface area contributed by atoms with E-state index in [4.69, 9.17) is 4.74 Å². The lowest BCUT2D eigenvalue weighted by Crippen LogP contribution is -2.44. The molecule has 4 rings (SSSR count). The maximum absolute atomic E-state index is 12.8. The van der Waals surface area contributed by atoms with Crippen LogP contribution in [0.4, 0.5) is 11.4 Å². The molecule has 3 aliphatic rings. The fourth-order valence-electron chi connectivity index (χ4n) is 4.34. The van der Waals surface area contributed by atoms with Crippen molar-refractivity contribution in [3.05, 3.63) is 18.2 Å². The van der Waals surface area contributed by atoms with E-state index in [-0.39, 0.29) is 23.1 Å². The van der Waals surface area contributed by atoms with Crippen LogP contribution >= 0.6 is 0 Å². The number of nitrogens with zero attached hydrogens (tertiary/aromatic N) is 1. The Kier molecular flexibility index (Phi) is 4.41. The average Bonchev–Trinajstić information content (AvgIpc) is 3.33. The van der Waals surface area contributed by atoms with Crippen LogP contribution in [0.1, 0.15) is 40.0 Å². The summed E-state index contributed by atoms with van der Waals surface area (Å²) in [6.07, 6.45) is 3.15.